The Morgan fingerprint density at radius 3 is 2.77 bits per heavy atom. The molecule has 1 aliphatic heterocycles. The highest BCUT2D eigenvalue weighted by molar-refractivity contribution is 5.85. The average Bonchev–Trinajstić information content (AvgIpc) is 2.62. The number of carbonyl (C=O) groups excluding carboxylic acids is 1. The highest BCUT2D eigenvalue weighted by Gasteiger charge is 2.24. The van der Waals surface area contributed by atoms with E-state index in [0.29, 0.717) is 18.5 Å². The Hall–Kier alpha value is -1.33. The number of hydrogen-bond donors (Lipinski definition) is 2. The molecule has 0 spiro atoms. The fourth-order valence-corrected chi connectivity index (χ4v) is 3.85. The number of rotatable bonds is 5. The molecule has 1 saturated carbocycles. The molecule has 6 heteroatoms. The molecular formula is C20H32ClN3O2. The van der Waals surface area contributed by atoms with Crippen LogP contribution in [-0.2, 0) is 11.3 Å². The van der Waals surface area contributed by atoms with Gasteiger partial charge in [-0.1, -0.05) is 6.92 Å². The molecule has 2 heterocycles. The molecule has 1 aliphatic carbocycles. The summed E-state index contributed by atoms with van der Waals surface area (Å²) in [7, 11) is 0. The predicted molar refractivity (Wildman–Crippen MR) is 106 cm³/mol. The fraction of sp³-hybridized carbons (Fsp3) is 0.700. The Morgan fingerprint density at radius 1 is 1.27 bits per heavy atom. The Kier molecular flexibility index (Phi) is 8.16. The first-order chi connectivity index (χ1) is 12.1. The smallest absolute Gasteiger partial charge is 0.223 e. The standard InChI is InChI=1S/C20H31N3O2.ClH/c1-14-3-5-18(6-4-14)25-19-12-16(7-9-22-19)13-23-20(24)17-8-10-21-15(2)11-17;/h7,9,12,14-15,17-18,21H,3-6,8,10-11,13H2,1-2H3,(H,23,24);1H/t14?,15-,17-,18?;/m0./s1. The number of pyridine rings is 1. The topological polar surface area (TPSA) is 63.2 Å². The van der Waals surface area contributed by atoms with E-state index in [1.807, 2.05) is 12.1 Å². The fourth-order valence-electron chi connectivity index (χ4n) is 3.85. The molecule has 5 nitrogen and oxygen atoms in total. The first kappa shape index (κ1) is 21.0. The first-order valence-corrected chi connectivity index (χ1v) is 9.73. The summed E-state index contributed by atoms with van der Waals surface area (Å²) in [6, 6.07) is 4.33. The van der Waals surface area contributed by atoms with Crippen LogP contribution in [0, 0.1) is 11.8 Å². The minimum atomic E-state index is 0. The summed E-state index contributed by atoms with van der Waals surface area (Å²) in [5, 5.41) is 6.46. The van der Waals surface area contributed by atoms with Crippen LogP contribution in [0.15, 0.2) is 18.3 Å². The van der Waals surface area contributed by atoms with Gasteiger partial charge in [0.15, 0.2) is 0 Å². The van der Waals surface area contributed by atoms with Crippen molar-refractivity contribution in [1.82, 2.24) is 15.6 Å². The normalized spacial score (nSPS) is 28.7. The summed E-state index contributed by atoms with van der Waals surface area (Å²) < 4.78 is 6.05. The van der Waals surface area contributed by atoms with Crippen LogP contribution in [0.2, 0.25) is 0 Å². The van der Waals surface area contributed by atoms with Gasteiger partial charge >= 0.3 is 0 Å². The van der Waals surface area contributed by atoms with Crippen molar-refractivity contribution in [3.8, 4) is 5.88 Å². The van der Waals surface area contributed by atoms with Crippen LogP contribution in [0.25, 0.3) is 0 Å². The summed E-state index contributed by atoms with van der Waals surface area (Å²) >= 11 is 0. The first-order valence-electron chi connectivity index (χ1n) is 9.73. The molecule has 0 aromatic carbocycles. The van der Waals surface area contributed by atoms with Gasteiger partial charge in [0.25, 0.3) is 0 Å². The average molecular weight is 382 g/mol. The van der Waals surface area contributed by atoms with Crippen molar-refractivity contribution in [3.05, 3.63) is 23.9 Å². The highest BCUT2D eigenvalue weighted by Crippen LogP contribution is 2.26. The quantitative estimate of drug-likeness (QED) is 0.819. The van der Waals surface area contributed by atoms with Gasteiger partial charge in [-0.05, 0) is 69.5 Å². The predicted octanol–water partition coefficient (Wildman–Crippen LogP) is 3.47. The van der Waals surface area contributed by atoms with E-state index in [0.717, 1.165) is 43.7 Å². The van der Waals surface area contributed by atoms with Gasteiger partial charge in [0.1, 0.15) is 6.10 Å². The van der Waals surface area contributed by atoms with Gasteiger partial charge in [0.2, 0.25) is 11.8 Å². The number of hydrogen-bond acceptors (Lipinski definition) is 4. The van der Waals surface area contributed by atoms with Crippen molar-refractivity contribution < 1.29 is 9.53 Å². The molecule has 0 bridgehead atoms. The molecule has 146 valence electrons. The molecule has 26 heavy (non-hydrogen) atoms. The van der Waals surface area contributed by atoms with Crippen LogP contribution >= 0.6 is 12.4 Å². The molecule has 1 aromatic heterocycles. The zero-order valence-electron chi connectivity index (χ0n) is 15.9. The Bertz CT molecular complexity index is 576. The molecule has 0 radical (unpaired) electrons. The van der Waals surface area contributed by atoms with Gasteiger partial charge in [-0.2, -0.15) is 0 Å². The van der Waals surface area contributed by atoms with Gasteiger partial charge in [-0.25, -0.2) is 4.98 Å². The number of ether oxygens (including phenoxy) is 1. The third-order valence-corrected chi connectivity index (χ3v) is 5.51. The van der Waals surface area contributed by atoms with E-state index in [2.05, 4.69) is 29.5 Å². The van der Waals surface area contributed by atoms with Gasteiger partial charge in [-0.3, -0.25) is 4.79 Å². The van der Waals surface area contributed by atoms with Crippen molar-refractivity contribution in [2.24, 2.45) is 11.8 Å². The van der Waals surface area contributed by atoms with E-state index in [1.54, 1.807) is 6.20 Å². The van der Waals surface area contributed by atoms with Crippen LogP contribution in [0.1, 0.15) is 57.9 Å². The Morgan fingerprint density at radius 2 is 2.04 bits per heavy atom. The molecular weight excluding hydrogens is 350 g/mol. The van der Waals surface area contributed by atoms with Crippen molar-refractivity contribution >= 4 is 18.3 Å². The van der Waals surface area contributed by atoms with E-state index in [4.69, 9.17) is 4.74 Å². The lowest BCUT2D eigenvalue weighted by atomic mass is 9.89. The van der Waals surface area contributed by atoms with Crippen LogP contribution in [0.5, 0.6) is 5.88 Å². The van der Waals surface area contributed by atoms with E-state index >= 15 is 0 Å². The second-order valence-corrected chi connectivity index (χ2v) is 7.80. The molecule has 3 rings (SSSR count). The van der Waals surface area contributed by atoms with Crippen LogP contribution < -0.4 is 15.4 Å². The van der Waals surface area contributed by atoms with E-state index < -0.39 is 0 Å². The third-order valence-electron chi connectivity index (χ3n) is 5.51. The van der Waals surface area contributed by atoms with Crippen LogP contribution in [-0.4, -0.2) is 29.6 Å². The summed E-state index contributed by atoms with van der Waals surface area (Å²) in [5.74, 6) is 1.78. The van der Waals surface area contributed by atoms with Gasteiger partial charge in [0, 0.05) is 30.8 Å². The number of nitrogens with one attached hydrogen (secondary N) is 2. The maximum atomic E-state index is 12.4. The SMILES string of the molecule is CC1CCC(Oc2cc(CNC(=O)[C@H]3CCN[C@@H](C)C3)ccn2)CC1.Cl. The van der Waals surface area contributed by atoms with Crippen molar-refractivity contribution in [3.63, 3.8) is 0 Å². The number of halogens is 1. The zero-order valence-corrected chi connectivity index (χ0v) is 16.7. The molecule has 2 fully saturated rings. The summed E-state index contributed by atoms with van der Waals surface area (Å²) in [4.78, 5) is 16.7. The summed E-state index contributed by atoms with van der Waals surface area (Å²) in [6.07, 6.45) is 8.57. The van der Waals surface area contributed by atoms with Gasteiger partial charge in [-0.15, -0.1) is 12.4 Å². The lowest BCUT2D eigenvalue weighted by molar-refractivity contribution is -0.126. The molecule has 2 atom stereocenters. The monoisotopic (exact) mass is 381 g/mol. The van der Waals surface area contributed by atoms with Crippen LogP contribution in [0.3, 0.4) is 0 Å². The zero-order chi connectivity index (χ0) is 17.6. The molecule has 1 saturated heterocycles. The van der Waals surface area contributed by atoms with E-state index in [-0.39, 0.29) is 30.3 Å². The molecule has 0 unspecified atom stereocenters. The second-order valence-electron chi connectivity index (χ2n) is 7.80. The third kappa shape index (κ3) is 6.13. The van der Waals surface area contributed by atoms with Crippen molar-refractivity contribution in [1.29, 1.82) is 0 Å². The number of aromatic nitrogens is 1. The minimum Gasteiger partial charge on any atom is -0.474 e. The Balaban J connectivity index is 0.00000243. The lowest BCUT2D eigenvalue weighted by Gasteiger charge is -2.27. The largest absolute Gasteiger partial charge is 0.474 e. The van der Waals surface area contributed by atoms with E-state index in [9.17, 15) is 4.79 Å². The number of nitrogens with zero attached hydrogens (tertiary/aromatic N) is 1. The van der Waals surface area contributed by atoms with Crippen molar-refractivity contribution in [2.75, 3.05) is 6.54 Å². The van der Waals surface area contributed by atoms with Gasteiger partial charge in [0.05, 0.1) is 0 Å². The maximum absolute atomic E-state index is 12.4. The molecule has 1 amide bonds. The van der Waals surface area contributed by atoms with E-state index in [1.165, 1.54) is 12.8 Å². The molecule has 2 aliphatic rings. The van der Waals surface area contributed by atoms with Crippen molar-refractivity contribution in [2.45, 2.75) is 71.1 Å². The lowest BCUT2D eigenvalue weighted by Crippen LogP contribution is -2.42. The molecule has 1 aromatic rings. The number of piperidine rings is 1. The molecule has 2 N–H and O–H groups in total. The number of amides is 1. The minimum absolute atomic E-state index is 0. The second kappa shape index (κ2) is 10.1. The number of carbonyl (C=O) groups is 1. The Labute approximate surface area is 163 Å². The maximum Gasteiger partial charge on any atom is 0.223 e. The van der Waals surface area contributed by atoms with Gasteiger partial charge < -0.3 is 15.4 Å². The van der Waals surface area contributed by atoms with Crippen LogP contribution in [0.4, 0.5) is 0 Å². The summed E-state index contributed by atoms with van der Waals surface area (Å²) in [6.45, 7) is 5.91. The summed E-state index contributed by atoms with van der Waals surface area (Å²) in [5.41, 5.74) is 1.05. The highest BCUT2D eigenvalue weighted by atomic mass is 35.5.